The maximum atomic E-state index is 12.4. The molecule has 5 nitrogen and oxygen atoms in total. The molecule has 21 heavy (non-hydrogen) atoms. The number of benzene rings is 1. The van der Waals surface area contributed by atoms with E-state index in [1.54, 1.807) is 17.7 Å². The minimum absolute atomic E-state index is 0.0697. The number of hydrogen-bond donors (Lipinski definition) is 2. The molecular formula is C15H18ClN3O2. The van der Waals surface area contributed by atoms with Gasteiger partial charge < -0.3 is 10.4 Å². The van der Waals surface area contributed by atoms with Gasteiger partial charge in [-0.05, 0) is 43.9 Å². The monoisotopic (exact) mass is 307 g/mol. The third kappa shape index (κ3) is 2.63. The molecule has 0 spiro atoms. The Bertz CT molecular complexity index is 721. The lowest BCUT2D eigenvalue weighted by atomic mass is 9.92. The molecule has 1 aliphatic carbocycles. The second-order valence-corrected chi connectivity index (χ2v) is 5.92. The maximum absolute atomic E-state index is 12.4. The first-order chi connectivity index (χ1) is 10.1. The van der Waals surface area contributed by atoms with Crippen LogP contribution in [0, 0.1) is 0 Å². The Kier molecular flexibility index (Phi) is 3.87. The number of nitrogens with zero attached hydrogens (tertiary/aromatic N) is 2. The van der Waals surface area contributed by atoms with E-state index in [4.69, 9.17) is 11.6 Å². The molecule has 2 N–H and O–H groups in total. The summed E-state index contributed by atoms with van der Waals surface area (Å²) in [4.78, 5) is 16.5. The van der Waals surface area contributed by atoms with E-state index in [2.05, 4.69) is 10.3 Å². The topological polar surface area (TPSA) is 67.2 Å². The molecule has 1 aliphatic rings. The van der Waals surface area contributed by atoms with Crippen molar-refractivity contribution in [3.63, 3.8) is 0 Å². The van der Waals surface area contributed by atoms with E-state index in [1.165, 1.54) is 0 Å². The number of aromatic nitrogens is 2. The average molecular weight is 308 g/mol. The highest BCUT2D eigenvalue weighted by molar-refractivity contribution is 6.31. The van der Waals surface area contributed by atoms with Crippen molar-refractivity contribution in [3.8, 4) is 0 Å². The van der Waals surface area contributed by atoms with Crippen molar-refractivity contribution in [1.82, 2.24) is 9.55 Å². The van der Waals surface area contributed by atoms with Crippen LogP contribution in [0.15, 0.2) is 23.0 Å². The van der Waals surface area contributed by atoms with Gasteiger partial charge >= 0.3 is 5.69 Å². The van der Waals surface area contributed by atoms with Crippen molar-refractivity contribution in [2.75, 3.05) is 12.4 Å². The van der Waals surface area contributed by atoms with Crippen LogP contribution in [0.5, 0.6) is 0 Å². The molecule has 0 radical (unpaired) electrons. The van der Waals surface area contributed by atoms with Crippen molar-refractivity contribution in [3.05, 3.63) is 33.7 Å². The molecule has 0 aliphatic heterocycles. The summed E-state index contributed by atoms with van der Waals surface area (Å²) in [5.74, 6) is 0.568. The molecule has 0 saturated heterocycles. The van der Waals surface area contributed by atoms with Crippen LogP contribution in [-0.4, -0.2) is 27.8 Å². The molecule has 6 heteroatoms. The van der Waals surface area contributed by atoms with Gasteiger partial charge in [0.2, 0.25) is 0 Å². The molecule has 1 heterocycles. The lowest BCUT2D eigenvalue weighted by Gasteiger charge is -2.28. The van der Waals surface area contributed by atoms with Gasteiger partial charge in [-0.2, -0.15) is 4.98 Å². The Labute approximate surface area is 127 Å². The van der Waals surface area contributed by atoms with Crippen molar-refractivity contribution < 1.29 is 5.11 Å². The van der Waals surface area contributed by atoms with Crippen LogP contribution in [0.1, 0.15) is 31.7 Å². The van der Waals surface area contributed by atoms with Crippen LogP contribution in [-0.2, 0) is 0 Å². The molecule has 0 amide bonds. The van der Waals surface area contributed by atoms with E-state index in [1.807, 2.05) is 12.1 Å². The largest absolute Gasteiger partial charge is 0.393 e. The number of fused-ring (bicyclic) bond motifs is 1. The van der Waals surface area contributed by atoms with Gasteiger partial charge in [-0.3, -0.25) is 4.57 Å². The molecular weight excluding hydrogens is 290 g/mol. The van der Waals surface area contributed by atoms with Gasteiger partial charge in [0.15, 0.2) is 0 Å². The maximum Gasteiger partial charge on any atom is 0.350 e. The van der Waals surface area contributed by atoms with Crippen molar-refractivity contribution in [2.24, 2.45) is 0 Å². The van der Waals surface area contributed by atoms with Gasteiger partial charge in [0, 0.05) is 23.5 Å². The van der Waals surface area contributed by atoms with Crippen LogP contribution in [0.25, 0.3) is 10.9 Å². The summed E-state index contributed by atoms with van der Waals surface area (Å²) in [5, 5.41) is 14.1. The van der Waals surface area contributed by atoms with Crippen LogP contribution in [0.3, 0.4) is 0 Å². The minimum atomic E-state index is -0.268. The standard InChI is InChI=1S/C15H18ClN3O2/c1-17-14-12-7-2-9(16)8-13(12)19(15(21)18-14)10-3-5-11(20)6-4-10/h2,7-8,10-11,20H,3-6H2,1H3,(H,17,18,21). The number of hydrogen-bond acceptors (Lipinski definition) is 4. The lowest BCUT2D eigenvalue weighted by Crippen LogP contribution is -2.31. The van der Waals surface area contributed by atoms with Crippen molar-refractivity contribution in [1.29, 1.82) is 0 Å². The predicted octanol–water partition coefficient (Wildman–Crippen LogP) is 2.57. The summed E-state index contributed by atoms with van der Waals surface area (Å²) in [6, 6.07) is 5.56. The van der Waals surface area contributed by atoms with Gasteiger partial charge in [0.1, 0.15) is 5.82 Å². The van der Waals surface area contributed by atoms with E-state index in [-0.39, 0.29) is 17.8 Å². The van der Waals surface area contributed by atoms with Gasteiger partial charge in [0.05, 0.1) is 11.6 Å². The minimum Gasteiger partial charge on any atom is -0.393 e. The van der Waals surface area contributed by atoms with Crippen LogP contribution < -0.4 is 11.0 Å². The first-order valence-corrected chi connectivity index (χ1v) is 7.55. The lowest BCUT2D eigenvalue weighted by molar-refractivity contribution is 0.110. The summed E-state index contributed by atoms with van der Waals surface area (Å²) in [6.07, 6.45) is 2.74. The van der Waals surface area contributed by atoms with Crippen molar-refractivity contribution >= 4 is 28.3 Å². The molecule has 3 rings (SSSR count). The molecule has 0 bridgehead atoms. The van der Waals surface area contributed by atoms with Gasteiger partial charge in [-0.1, -0.05) is 11.6 Å². The molecule has 1 aromatic heterocycles. The van der Waals surface area contributed by atoms with Crippen molar-refractivity contribution in [2.45, 2.75) is 37.8 Å². The predicted molar refractivity (Wildman–Crippen MR) is 84.1 cm³/mol. The third-order valence-corrected chi connectivity index (χ3v) is 4.39. The fourth-order valence-corrected chi connectivity index (χ4v) is 3.24. The first-order valence-electron chi connectivity index (χ1n) is 7.17. The van der Waals surface area contributed by atoms with Crippen LogP contribution in [0.2, 0.25) is 5.02 Å². The molecule has 112 valence electrons. The van der Waals surface area contributed by atoms with Crippen LogP contribution >= 0.6 is 11.6 Å². The smallest absolute Gasteiger partial charge is 0.350 e. The number of aliphatic hydroxyl groups excluding tert-OH is 1. The summed E-state index contributed by atoms with van der Waals surface area (Å²) < 4.78 is 1.73. The fourth-order valence-electron chi connectivity index (χ4n) is 3.08. The normalized spacial score (nSPS) is 22.4. The van der Waals surface area contributed by atoms with E-state index < -0.39 is 0 Å². The number of halogens is 1. The second-order valence-electron chi connectivity index (χ2n) is 5.49. The molecule has 1 saturated carbocycles. The van der Waals surface area contributed by atoms with E-state index in [0.29, 0.717) is 23.7 Å². The van der Waals surface area contributed by atoms with E-state index in [0.717, 1.165) is 23.7 Å². The fraction of sp³-hybridized carbons (Fsp3) is 0.467. The quantitative estimate of drug-likeness (QED) is 0.895. The molecule has 1 fully saturated rings. The summed E-state index contributed by atoms with van der Waals surface area (Å²) in [5.41, 5.74) is 0.531. The van der Waals surface area contributed by atoms with E-state index in [9.17, 15) is 9.90 Å². The Morgan fingerprint density at radius 1 is 1.33 bits per heavy atom. The number of nitrogens with one attached hydrogen (secondary N) is 1. The summed E-state index contributed by atoms with van der Waals surface area (Å²) >= 11 is 6.10. The SMILES string of the molecule is CNc1nc(=O)n(C2CCC(O)CC2)c2cc(Cl)ccc12. The summed E-state index contributed by atoms with van der Waals surface area (Å²) in [6.45, 7) is 0. The zero-order valence-corrected chi connectivity index (χ0v) is 12.6. The Morgan fingerprint density at radius 3 is 2.71 bits per heavy atom. The highest BCUT2D eigenvalue weighted by atomic mass is 35.5. The Hall–Kier alpha value is -1.59. The second kappa shape index (κ2) is 5.66. The average Bonchev–Trinajstić information content (AvgIpc) is 2.47. The van der Waals surface area contributed by atoms with Gasteiger partial charge in [-0.25, -0.2) is 4.79 Å². The molecule has 1 aromatic carbocycles. The number of anilines is 1. The Morgan fingerprint density at radius 2 is 2.05 bits per heavy atom. The van der Waals surface area contributed by atoms with Gasteiger partial charge in [-0.15, -0.1) is 0 Å². The van der Waals surface area contributed by atoms with Gasteiger partial charge in [0.25, 0.3) is 0 Å². The molecule has 0 atom stereocenters. The highest BCUT2D eigenvalue weighted by Crippen LogP contribution is 2.31. The van der Waals surface area contributed by atoms with Crippen LogP contribution in [0.4, 0.5) is 5.82 Å². The number of aliphatic hydroxyl groups is 1. The molecule has 0 unspecified atom stereocenters. The number of rotatable bonds is 2. The first kappa shape index (κ1) is 14.4. The van der Waals surface area contributed by atoms with E-state index >= 15 is 0 Å². The zero-order valence-electron chi connectivity index (χ0n) is 11.8. The highest BCUT2D eigenvalue weighted by Gasteiger charge is 2.24. The Balaban J connectivity index is 2.19. The summed E-state index contributed by atoms with van der Waals surface area (Å²) in [7, 11) is 1.75. The zero-order chi connectivity index (χ0) is 15.0. The third-order valence-electron chi connectivity index (χ3n) is 4.16. The molecule has 2 aromatic rings.